The van der Waals surface area contributed by atoms with Crippen LogP contribution < -0.4 is 5.73 Å². The van der Waals surface area contributed by atoms with Crippen LogP contribution in [0.1, 0.15) is 6.92 Å². The average Bonchev–Trinajstić information content (AvgIpc) is 2.50. The van der Waals surface area contributed by atoms with Crippen LogP contribution in [-0.2, 0) is 9.59 Å². The van der Waals surface area contributed by atoms with Crippen LogP contribution in [0.5, 0.6) is 0 Å². The zero-order chi connectivity index (χ0) is 10.0. The maximum atomic E-state index is 11.4. The smallest absolute Gasteiger partial charge is 0.327 e. The van der Waals surface area contributed by atoms with Gasteiger partial charge in [-0.2, -0.15) is 0 Å². The van der Waals surface area contributed by atoms with Crippen molar-refractivity contribution in [2.24, 2.45) is 5.73 Å². The molecule has 0 aromatic carbocycles. The highest BCUT2D eigenvalue weighted by atomic mass is 32.2. The Balaban J connectivity index is 2.68. The lowest BCUT2D eigenvalue weighted by Crippen LogP contribution is -2.48. The topological polar surface area (TPSA) is 83.6 Å². The van der Waals surface area contributed by atoms with E-state index in [1.54, 1.807) is 6.92 Å². The number of carbonyl (C=O) groups excluding carboxylic acids is 1. The summed E-state index contributed by atoms with van der Waals surface area (Å²) in [6.45, 7) is 1.56. The van der Waals surface area contributed by atoms with Crippen molar-refractivity contribution in [2.75, 3.05) is 11.6 Å². The molecular formula is C7H12N2O3S. The third-order valence-corrected chi connectivity index (χ3v) is 2.85. The van der Waals surface area contributed by atoms with Crippen LogP contribution in [0.2, 0.25) is 0 Å². The van der Waals surface area contributed by atoms with Crippen molar-refractivity contribution in [3.05, 3.63) is 0 Å². The molecule has 2 atom stereocenters. The highest BCUT2D eigenvalue weighted by molar-refractivity contribution is 7.99. The lowest BCUT2D eigenvalue weighted by molar-refractivity contribution is -0.148. The molecule has 1 fully saturated rings. The van der Waals surface area contributed by atoms with E-state index in [9.17, 15) is 9.59 Å². The molecule has 1 unspecified atom stereocenters. The van der Waals surface area contributed by atoms with E-state index in [0.717, 1.165) is 0 Å². The molecule has 1 heterocycles. The summed E-state index contributed by atoms with van der Waals surface area (Å²) in [5, 5.41) is 8.77. The molecule has 1 amide bonds. The zero-order valence-electron chi connectivity index (χ0n) is 7.27. The van der Waals surface area contributed by atoms with Crippen LogP contribution in [0.15, 0.2) is 0 Å². The monoisotopic (exact) mass is 204 g/mol. The molecule has 5 nitrogen and oxygen atoms in total. The number of rotatable bonds is 2. The Bertz CT molecular complexity index is 232. The van der Waals surface area contributed by atoms with Crippen molar-refractivity contribution >= 4 is 23.6 Å². The molecular weight excluding hydrogens is 192 g/mol. The second kappa shape index (κ2) is 3.97. The van der Waals surface area contributed by atoms with E-state index in [-0.39, 0.29) is 5.91 Å². The summed E-state index contributed by atoms with van der Waals surface area (Å²) in [4.78, 5) is 23.4. The van der Waals surface area contributed by atoms with Gasteiger partial charge in [-0.1, -0.05) is 0 Å². The molecule has 0 aromatic rings. The first kappa shape index (κ1) is 10.3. The van der Waals surface area contributed by atoms with Gasteiger partial charge in [-0.25, -0.2) is 4.79 Å². The summed E-state index contributed by atoms with van der Waals surface area (Å²) >= 11 is 1.43. The van der Waals surface area contributed by atoms with Crippen LogP contribution in [-0.4, -0.2) is 45.6 Å². The lowest BCUT2D eigenvalue weighted by atomic mass is 10.2. The molecule has 1 saturated heterocycles. The Labute approximate surface area is 80.3 Å². The minimum absolute atomic E-state index is 0.294. The summed E-state index contributed by atoms with van der Waals surface area (Å²) in [5.74, 6) is -0.373. The number of amides is 1. The Hall–Kier alpha value is -0.750. The second-order valence-electron chi connectivity index (χ2n) is 2.95. The molecule has 1 rings (SSSR count). The van der Waals surface area contributed by atoms with Gasteiger partial charge in [0.1, 0.15) is 6.04 Å². The number of carboxylic acids is 1. The van der Waals surface area contributed by atoms with Gasteiger partial charge in [-0.3, -0.25) is 4.79 Å². The van der Waals surface area contributed by atoms with Crippen molar-refractivity contribution < 1.29 is 14.7 Å². The summed E-state index contributed by atoms with van der Waals surface area (Å²) in [5.41, 5.74) is 5.38. The van der Waals surface area contributed by atoms with Gasteiger partial charge in [0.2, 0.25) is 5.91 Å². The number of thioether (sulfide) groups is 1. The quantitative estimate of drug-likeness (QED) is 0.622. The van der Waals surface area contributed by atoms with Gasteiger partial charge < -0.3 is 15.7 Å². The Morgan fingerprint density at radius 3 is 2.77 bits per heavy atom. The molecule has 0 radical (unpaired) electrons. The fraction of sp³-hybridized carbons (Fsp3) is 0.714. The molecule has 3 N–H and O–H groups in total. The molecule has 0 aromatic heterocycles. The molecule has 0 saturated carbocycles. The molecule has 6 heteroatoms. The molecule has 1 aliphatic rings. The SMILES string of the molecule is C[C@H](N)C(=O)N1CSCC1C(=O)O. The Morgan fingerprint density at radius 1 is 1.69 bits per heavy atom. The van der Waals surface area contributed by atoms with Gasteiger partial charge in [0.25, 0.3) is 0 Å². The van der Waals surface area contributed by atoms with E-state index in [1.807, 2.05) is 0 Å². The molecule has 0 spiro atoms. The minimum atomic E-state index is -0.959. The van der Waals surface area contributed by atoms with Crippen molar-refractivity contribution in [2.45, 2.75) is 19.0 Å². The van der Waals surface area contributed by atoms with E-state index in [1.165, 1.54) is 16.7 Å². The van der Waals surface area contributed by atoms with Crippen LogP contribution in [0, 0.1) is 0 Å². The first-order chi connectivity index (χ1) is 6.04. The molecule has 0 bridgehead atoms. The van der Waals surface area contributed by atoms with E-state index in [0.29, 0.717) is 11.6 Å². The second-order valence-corrected chi connectivity index (χ2v) is 3.95. The van der Waals surface area contributed by atoms with Crippen LogP contribution in [0.25, 0.3) is 0 Å². The summed E-state index contributed by atoms with van der Waals surface area (Å²) in [6.07, 6.45) is 0. The van der Waals surface area contributed by atoms with E-state index in [4.69, 9.17) is 10.8 Å². The Kier molecular flexibility index (Phi) is 3.16. The predicted molar refractivity (Wildman–Crippen MR) is 49.2 cm³/mol. The van der Waals surface area contributed by atoms with Gasteiger partial charge in [-0.15, -0.1) is 11.8 Å². The van der Waals surface area contributed by atoms with Crippen LogP contribution >= 0.6 is 11.8 Å². The van der Waals surface area contributed by atoms with Crippen LogP contribution in [0.3, 0.4) is 0 Å². The molecule has 1 aliphatic heterocycles. The summed E-state index contributed by atoms with van der Waals surface area (Å²) < 4.78 is 0. The third kappa shape index (κ3) is 2.13. The third-order valence-electron chi connectivity index (χ3n) is 1.84. The van der Waals surface area contributed by atoms with Crippen LogP contribution in [0.4, 0.5) is 0 Å². The molecule has 13 heavy (non-hydrogen) atoms. The van der Waals surface area contributed by atoms with Crippen molar-refractivity contribution in [3.63, 3.8) is 0 Å². The first-order valence-electron chi connectivity index (χ1n) is 3.90. The molecule has 0 aliphatic carbocycles. The maximum absolute atomic E-state index is 11.4. The van der Waals surface area contributed by atoms with Gasteiger partial charge in [0.05, 0.1) is 11.9 Å². The van der Waals surface area contributed by atoms with E-state index < -0.39 is 18.1 Å². The summed E-state index contributed by atoms with van der Waals surface area (Å²) in [6, 6.07) is -1.33. The summed E-state index contributed by atoms with van der Waals surface area (Å²) in [7, 11) is 0. The number of nitrogens with two attached hydrogens (primary N) is 1. The first-order valence-corrected chi connectivity index (χ1v) is 5.06. The number of nitrogens with zero attached hydrogens (tertiary/aromatic N) is 1. The largest absolute Gasteiger partial charge is 0.480 e. The molecule has 74 valence electrons. The Morgan fingerprint density at radius 2 is 2.31 bits per heavy atom. The predicted octanol–water partition coefficient (Wildman–Crippen LogP) is -0.680. The standard InChI is InChI=1S/C7H12N2O3S/c1-4(8)6(10)9-3-13-2-5(9)7(11)12/h4-5H,2-3,8H2,1H3,(H,11,12)/t4-,5?/m0/s1. The van der Waals surface area contributed by atoms with E-state index in [2.05, 4.69) is 0 Å². The normalized spacial score (nSPS) is 24.5. The van der Waals surface area contributed by atoms with Gasteiger partial charge in [-0.05, 0) is 6.92 Å². The van der Waals surface area contributed by atoms with E-state index >= 15 is 0 Å². The number of carbonyl (C=O) groups is 2. The average molecular weight is 204 g/mol. The minimum Gasteiger partial charge on any atom is -0.480 e. The fourth-order valence-corrected chi connectivity index (χ4v) is 2.28. The lowest BCUT2D eigenvalue weighted by Gasteiger charge is -2.21. The number of hydrogen-bond donors (Lipinski definition) is 2. The van der Waals surface area contributed by atoms with Gasteiger partial charge in [0.15, 0.2) is 0 Å². The number of carboxylic acid groups (broad SMARTS) is 1. The van der Waals surface area contributed by atoms with Crippen molar-refractivity contribution in [3.8, 4) is 0 Å². The highest BCUT2D eigenvalue weighted by Gasteiger charge is 2.35. The van der Waals surface area contributed by atoms with Crippen molar-refractivity contribution in [1.29, 1.82) is 0 Å². The fourth-order valence-electron chi connectivity index (χ4n) is 1.13. The number of hydrogen-bond acceptors (Lipinski definition) is 4. The van der Waals surface area contributed by atoms with Gasteiger partial charge >= 0.3 is 5.97 Å². The highest BCUT2D eigenvalue weighted by Crippen LogP contribution is 2.21. The number of aliphatic carboxylic acids is 1. The van der Waals surface area contributed by atoms with Gasteiger partial charge in [0, 0.05) is 5.75 Å². The van der Waals surface area contributed by atoms with Crippen molar-refractivity contribution in [1.82, 2.24) is 4.90 Å². The maximum Gasteiger partial charge on any atom is 0.327 e. The zero-order valence-corrected chi connectivity index (χ0v) is 8.08.